The highest BCUT2D eigenvalue weighted by Crippen LogP contribution is 2.09. The van der Waals surface area contributed by atoms with Crippen LogP contribution >= 0.6 is 0 Å². The summed E-state index contributed by atoms with van der Waals surface area (Å²) in [7, 11) is 0. The van der Waals surface area contributed by atoms with E-state index < -0.39 is 0 Å². The fourth-order valence-electron chi connectivity index (χ4n) is 1.54. The molecule has 1 atom stereocenters. The zero-order valence-electron chi connectivity index (χ0n) is 7.23. The van der Waals surface area contributed by atoms with Crippen LogP contribution in [0.3, 0.4) is 0 Å². The van der Waals surface area contributed by atoms with E-state index in [4.69, 9.17) is 5.73 Å². The first-order valence-electron chi connectivity index (χ1n) is 4.36. The third kappa shape index (κ3) is 1.42. The van der Waals surface area contributed by atoms with Crippen molar-refractivity contribution in [1.29, 1.82) is 0 Å². The fourth-order valence-corrected chi connectivity index (χ4v) is 1.54. The number of hydrogen-bond acceptors (Lipinski definition) is 4. The number of nitrogens with zero attached hydrogens (tertiary/aromatic N) is 2. The maximum atomic E-state index is 11.7. The normalized spacial score (nSPS) is 22.0. The topological polar surface area (TPSA) is 72.9 Å². The lowest BCUT2D eigenvalue weighted by atomic mass is 10.2. The van der Waals surface area contributed by atoms with E-state index in [0.29, 0.717) is 5.82 Å². The molecule has 0 amide bonds. The molecular weight excluding hydrogens is 168 g/mol. The Morgan fingerprint density at radius 1 is 1.77 bits per heavy atom. The first kappa shape index (κ1) is 8.25. The van der Waals surface area contributed by atoms with Crippen molar-refractivity contribution in [2.45, 2.75) is 18.9 Å². The zero-order valence-corrected chi connectivity index (χ0v) is 7.23. The van der Waals surface area contributed by atoms with Gasteiger partial charge in [-0.2, -0.15) is 9.78 Å². The number of rotatable bonds is 1. The average Bonchev–Trinajstić information content (AvgIpc) is 2.72. The van der Waals surface area contributed by atoms with E-state index in [1.54, 1.807) is 6.07 Å². The fraction of sp³-hybridized carbons (Fsp3) is 0.500. The lowest BCUT2D eigenvalue weighted by Crippen LogP contribution is -2.35. The molecule has 13 heavy (non-hydrogen) atoms. The largest absolute Gasteiger partial charge is 0.383 e. The van der Waals surface area contributed by atoms with Crippen molar-refractivity contribution in [1.82, 2.24) is 15.1 Å². The van der Waals surface area contributed by atoms with Crippen molar-refractivity contribution >= 4 is 11.7 Å². The van der Waals surface area contributed by atoms with Crippen LogP contribution in [0.4, 0.5) is 5.82 Å². The van der Waals surface area contributed by atoms with Crippen LogP contribution < -0.4 is 11.1 Å². The van der Waals surface area contributed by atoms with Crippen LogP contribution in [-0.2, 0) is 0 Å². The van der Waals surface area contributed by atoms with Gasteiger partial charge < -0.3 is 11.1 Å². The van der Waals surface area contributed by atoms with Gasteiger partial charge in [-0.05, 0) is 19.4 Å². The summed E-state index contributed by atoms with van der Waals surface area (Å²) < 4.78 is 1.25. The van der Waals surface area contributed by atoms with Crippen molar-refractivity contribution in [2.24, 2.45) is 0 Å². The molecule has 0 spiro atoms. The van der Waals surface area contributed by atoms with Gasteiger partial charge in [-0.15, -0.1) is 0 Å². The monoisotopic (exact) mass is 180 g/mol. The number of aromatic nitrogens is 2. The molecular formula is C8H12N4O. The maximum Gasteiger partial charge on any atom is 0.265 e. The van der Waals surface area contributed by atoms with Crippen LogP contribution in [0.5, 0.6) is 0 Å². The van der Waals surface area contributed by atoms with Crippen LogP contribution in [0, 0.1) is 0 Å². The van der Waals surface area contributed by atoms with Crippen molar-refractivity contribution in [3.05, 3.63) is 12.3 Å². The molecule has 0 bridgehead atoms. The van der Waals surface area contributed by atoms with Crippen LogP contribution in [0.15, 0.2) is 12.3 Å². The molecule has 2 rings (SSSR count). The Balaban J connectivity index is 2.17. The van der Waals surface area contributed by atoms with Gasteiger partial charge >= 0.3 is 0 Å². The summed E-state index contributed by atoms with van der Waals surface area (Å²) in [5, 5.41) is 6.97. The quantitative estimate of drug-likeness (QED) is 0.630. The van der Waals surface area contributed by atoms with Crippen molar-refractivity contribution in [3.63, 3.8) is 0 Å². The number of hydrogen-bond donors (Lipinski definition) is 2. The van der Waals surface area contributed by atoms with E-state index in [2.05, 4.69) is 10.4 Å². The number of nitrogens with one attached hydrogen (secondary N) is 1. The minimum atomic E-state index is -0.109. The molecule has 1 aliphatic heterocycles. The lowest BCUT2D eigenvalue weighted by molar-refractivity contribution is 0.0856. The summed E-state index contributed by atoms with van der Waals surface area (Å²) in [5.74, 6) is 0.346. The Bertz CT molecular complexity index is 314. The molecule has 0 unspecified atom stereocenters. The molecule has 1 aromatic rings. The third-order valence-electron chi connectivity index (χ3n) is 2.24. The molecule has 2 heterocycles. The molecule has 5 nitrogen and oxygen atoms in total. The van der Waals surface area contributed by atoms with Gasteiger partial charge in [0.15, 0.2) is 0 Å². The van der Waals surface area contributed by atoms with E-state index in [1.165, 1.54) is 10.9 Å². The first-order chi connectivity index (χ1) is 6.29. The molecule has 5 heteroatoms. The maximum absolute atomic E-state index is 11.7. The number of carbonyl (C=O) groups excluding carboxylic acids is 1. The summed E-state index contributed by atoms with van der Waals surface area (Å²) in [4.78, 5) is 11.7. The Morgan fingerprint density at radius 3 is 3.15 bits per heavy atom. The highest BCUT2D eigenvalue weighted by molar-refractivity contribution is 5.86. The molecule has 0 aliphatic carbocycles. The van der Waals surface area contributed by atoms with Gasteiger partial charge in [0.2, 0.25) is 0 Å². The Kier molecular flexibility index (Phi) is 2.02. The van der Waals surface area contributed by atoms with Crippen molar-refractivity contribution < 1.29 is 4.79 Å². The molecule has 0 aromatic carbocycles. The number of nitrogen functional groups attached to an aromatic ring is 1. The van der Waals surface area contributed by atoms with Gasteiger partial charge in [-0.25, -0.2) is 0 Å². The highest BCUT2D eigenvalue weighted by Gasteiger charge is 2.24. The molecule has 1 aromatic heterocycles. The van der Waals surface area contributed by atoms with E-state index in [0.717, 1.165) is 19.4 Å². The first-order valence-corrected chi connectivity index (χ1v) is 4.36. The number of nitrogens with two attached hydrogens (primary N) is 1. The van der Waals surface area contributed by atoms with Gasteiger partial charge in [-0.3, -0.25) is 4.79 Å². The predicted octanol–water partition coefficient (Wildman–Crippen LogP) is -0.143. The summed E-state index contributed by atoms with van der Waals surface area (Å²) in [6.07, 6.45) is 3.44. The van der Waals surface area contributed by atoms with Crippen LogP contribution in [0.25, 0.3) is 0 Å². The van der Waals surface area contributed by atoms with Crippen LogP contribution in [0.2, 0.25) is 0 Å². The van der Waals surface area contributed by atoms with Gasteiger partial charge in [0.05, 0.1) is 12.2 Å². The van der Waals surface area contributed by atoms with Gasteiger partial charge in [-0.1, -0.05) is 0 Å². The zero-order chi connectivity index (χ0) is 9.26. The summed E-state index contributed by atoms with van der Waals surface area (Å²) in [6.45, 7) is 0.900. The van der Waals surface area contributed by atoms with Gasteiger partial charge in [0, 0.05) is 6.07 Å². The second kappa shape index (κ2) is 3.18. The molecule has 1 fully saturated rings. The second-order valence-electron chi connectivity index (χ2n) is 3.16. The highest BCUT2D eigenvalue weighted by atomic mass is 16.2. The molecule has 0 saturated carbocycles. The third-order valence-corrected chi connectivity index (χ3v) is 2.24. The van der Waals surface area contributed by atoms with Gasteiger partial charge in [0.1, 0.15) is 5.82 Å². The lowest BCUT2D eigenvalue weighted by Gasteiger charge is -2.08. The predicted molar refractivity (Wildman–Crippen MR) is 48.3 cm³/mol. The standard InChI is InChI=1S/C8H12N4O/c9-7-3-5-11-12(7)8(13)6-2-1-4-10-6/h3,5-6,10H,1-2,4,9H2/t6-/m0/s1. The second-order valence-corrected chi connectivity index (χ2v) is 3.16. The average molecular weight is 180 g/mol. The van der Waals surface area contributed by atoms with Gasteiger partial charge in [0.25, 0.3) is 5.91 Å². The SMILES string of the molecule is Nc1ccnn1C(=O)[C@@H]1CCCN1. The van der Waals surface area contributed by atoms with Crippen molar-refractivity contribution in [2.75, 3.05) is 12.3 Å². The minimum absolute atomic E-state index is 0.0556. The van der Waals surface area contributed by atoms with E-state index >= 15 is 0 Å². The van der Waals surface area contributed by atoms with E-state index in [-0.39, 0.29) is 11.9 Å². The molecule has 1 saturated heterocycles. The number of carbonyl (C=O) groups is 1. The summed E-state index contributed by atoms with van der Waals surface area (Å²) in [6, 6.07) is 1.51. The Morgan fingerprint density at radius 2 is 2.62 bits per heavy atom. The Hall–Kier alpha value is -1.36. The smallest absolute Gasteiger partial charge is 0.265 e. The number of anilines is 1. The van der Waals surface area contributed by atoms with Crippen molar-refractivity contribution in [3.8, 4) is 0 Å². The van der Waals surface area contributed by atoms with Crippen LogP contribution in [-0.4, -0.2) is 28.3 Å². The van der Waals surface area contributed by atoms with Crippen LogP contribution in [0.1, 0.15) is 17.6 Å². The Labute approximate surface area is 75.9 Å². The summed E-state index contributed by atoms with van der Waals surface area (Å²) in [5.41, 5.74) is 5.56. The summed E-state index contributed by atoms with van der Waals surface area (Å²) >= 11 is 0. The molecule has 70 valence electrons. The van der Waals surface area contributed by atoms with E-state index in [1.807, 2.05) is 0 Å². The molecule has 1 aliphatic rings. The molecule has 3 N–H and O–H groups in total. The van der Waals surface area contributed by atoms with E-state index in [9.17, 15) is 4.79 Å². The minimum Gasteiger partial charge on any atom is -0.383 e. The molecule has 0 radical (unpaired) electrons.